The second-order valence-electron chi connectivity index (χ2n) is 7.16. The first-order valence-corrected chi connectivity index (χ1v) is 9.58. The average molecular weight is 364 g/mol. The van der Waals surface area contributed by atoms with Crippen molar-refractivity contribution in [2.45, 2.75) is 53.5 Å². The third kappa shape index (κ3) is 7.52. The Morgan fingerprint density at radius 2 is 1.81 bits per heavy atom. The van der Waals surface area contributed by atoms with Gasteiger partial charge in [0.05, 0.1) is 4.92 Å². The molecule has 0 spiro atoms. The molecule has 0 fully saturated rings. The van der Waals surface area contributed by atoms with Crippen LogP contribution in [0, 0.1) is 27.9 Å². The van der Waals surface area contributed by atoms with Gasteiger partial charge in [-0.05, 0) is 17.4 Å². The van der Waals surface area contributed by atoms with E-state index in [1.807, 2.05) is 6.92 Å². The summed E-state index contributed by atoms with van der Waals surface area (Å²) in [6.07, 6.45) is 3.58. The molecule has 6 heteroatoms. The smallest absolute Gasteiger partial charge is 0.269 e. The lowest BCUT2D eigenvalue weighted by molar-refractivity contribution is -0.384. The fourth-order valence-corrected chi connectivity index (χ4v) is 2.92. The number of hydrogen-bond acceptors (Lipinski definition) is 4. The highest BCUT2D eigenvalue weighted by atomic mass is 16.6. The number of unbranched alkanes of at least 4 members (excludes halogenated alkanes) is 1. The molecular weight excluding hydrogens is 330 g/mol. The zero-order valence-electron chi connectivity index (χ0n) is 16.5. The van der Waals surface area contributed by atoms with E-state index >= 15 is 0 Å². The molecule has 0 bridgehead atoms. The summed E-state index contributed by atoms with van der Waals surface area (Å²) >= 11 is 0. The number of benzene rings is 1. The zero-order chi connectivity index (χ0) is 19.5. The Balaban J connectivity index is 2.25. The van der Waals surface area contributed by atoms with Gasteiger partial charge in [0, 0.05) is 37.7 Å². The molecule has 1 amide bonds. The lowest BCUT2D eigenvalue weighted by Gasteiger charge is -2.25. The van der Waals surface area contributed by atoms with Crippen LogP contribution in [0.4, 0.5) is 5.69 Å². The molecular formula is C20H33N3O3. The van der Waals surface area contributed by atoms with Crippen LogP contribution < -0.4 is 10.6 Å². The summed E-state index contributed by atoms with van der Waals surface area (Å²) < 4.78 is 0. The minimum Gasteiger partial charge on any atom is -0.355 e. The van der Waals surface area contributed by atoms with Crippen LogP contribution in [-0.4, -0.2) is 23.9 Å². The summed E-state index contributed by atoms with van der Waals surface area (Å²) in [4.78, 5) is 22.5. The highest BCUT2D eigenvalue weighted by Gasteiger charge is 2.24. The van der Waals surface area contributed by atoms with Crippen molar-refractivity contribution in [1.29, 1.82) is 0 Å². The highest BCUT2D eigenvalue weighted by molar-refractivity contribution is 5.78. The summed E-state index contributed by atoms with van der Waals surface area (Å²) in [5.74, 6) is 1.04. The van der Waals surface area contributed by atoms with Crippen LogP contribution in [0.5, 0.6) is 0 Å². The Hall–Kier alpha value is -1.95. The van der Waals surface area contributed by atoms with Crippen LogP contribution in [0.15, 0.2) is 24.3 Å². The fourth-order valence-electron chi connectivity index (χ4n) is 2.92. The molecule has 0 saturated carbocycles. The van der Waals surface area contributed by atoms with E-state index in [0.29, 0.717) is 31.5 Å². The zero-order valence-corrected chi connectivity index (χ0v) is 16.5. The first kappa shape index (κ1) is 22.1. The molecule has 0 radical (unpaired) electrons. The molecule has 0 aromatic heterocycles. The van der Waals surface area contributed by atoms with Crippen molar-refractivity contribution in [3.63, 3.8) is 0 Å². The predicted molar refractivity (Wildman–Crippen MR) is 105 cm³/mol. The molecule has 3 unspecified atom stereocenters. The Morgan fingerprint density at radius 1 is 1.15 bits per heavy atom. The number of nitrogens with zero attached hydrogens (tertiary/aromatic N) is 1. The van der Waals surface area contributed by atoms with Crippen molar-refractivity contribution < 1.29 is 9.72 Å². The quantitative estimate of drug-likeness (QED) is 0.335. The number of carbonyl (C=O) groups excluding carboxylic acids is 1. The van der Waals surface area contributed by atoms with E-state index in [1.54, 1.807) is 12.1 Å². The van der Waals surface area contributed by atoms with E-state index in [4.69, 9.17) is 0 Å². The first-order valence-electron chi connectivity index (χ1n) is 9.58. The lowest BCUT2D eigenvalue weighted by atomic mass is 9.82. The minimum absolute atomic E-state index is 0.0107. The van der Waals surface area contributed by atoms with Crippen LogP contribution in [-0.2, 0) is 11.3 Å². The Morgan fingerprint density at radius 3 is 2.38 bits per heavy atom. The maximum Gasteiger partial charge on any atom is 0.269 e. The van der Waals surface area contributed by atoms with Crippen LogP contribution in [0.25, 0.3) is 0 Å². The van der Waals surface area contributed by atoms with Gasteiger partial charge in [-0.3, -0.25) is 14.9 Å². The van der Waals surface area contributed by atoms with Gasteiger partial charge in [-0.1, -0.05) is 59.1 Å². The number of non-ortho nitro benzene ring substituents is 1. The average Bonchev–Trinajstić information content (AvgIpc) is 2.64. The Kier molecular flexibility index (Phi) is 9.88. The monoisotopic (exact) mass is 363 g/mol. The largest absolute Gasteiger partial charge is 0.355 e. The lowest BCUT2D eigenvalue weighted by Crippen LogP contribution is -2.38. The first-order chi connectivity index (χ1) is 12.4. The van der Waals surface area contributed by atoms with Crippen LogP contribution >= 0.6 is 0 Å². The standard InChI is InChI=1S/C20H33N3O3/c1-5-6-7-15(2)16(3)17(4)20(24)22-13-12-21-14-18-8-10-19(11-9-18)23(25)26/h8-11,15-17,21H,5-7,12-14H2,1-4H3,(H,22,24). The van der Waals surface area contributed by atoms with Crippen LogP contribution in [0.2, 0.25) is 0 Å². The van der Waals surface area contributed by atoms with Gasteiger partial charge in [-0.25, -0.2) is 0 Å². The molecule has 1 rings (SSSR count). The normalized spacial score (nSPS) is 14.5. The predicted octanol–water partition coefficient (Wildman–Crippen LogP) is 3.90. The maximum absolute atomic E-state index is 12.3. The summed E-state index contributed by atoms with van der Waals surface area (Å²) in [5, 5.41) is 16.9. The molecule has 0 aliphatic rings. The number of rotatable bonds is 12. The van der Waals surface area contributed by atoms with Crippen molar-refractivity contribution in [2.24, 2.45) is 17.8 Å². The van der Waals surface area contributed by atoms with Gasteiger partial charge in [0.25, 0.3) is 5.69 Å². The summed E-state index contributed by atoms with van der Waals surface area (Å²) in [7, 11) is 0. The van der Waals surface area contributed by atoms with Crippen molar-refractivity contribution in [1.82, 2.24) is 10.6 Å². The van der Waals surface area contributed by atoms with Gasteiger partial charge in [0.1, 0.15) is 0 Å². The Labute approximate surface area is 156 Å². The summed E-state index contributed by atoms with van der Waals surface area (Å²) in [5.41, 5.74) is 1.07. The van der Waals surface area contributed by atoms with Gasteiger partial charge in [-0.2, -0.15) is 0 Å². The maximum atomic E-state index is 12.3. The fraction of sp³-hybridized carbons (Fsp3) is 0.650. The van der Waals surface area contributed by atoms with E-state index < -0.39 is 4.92 Å². The molecule has 1 aromatic rings. The number of nitro groups is 1. The van der Waals surface area contributed by atoms with Crippen molar-refractivity contribution in [3.05, 3.63) is 39.9 Å². The van der Waals surface area contributed by atoms with Crippen molar-refractivity contribution in [2.75, 3.05) is 13.1 Å². The van der Waals surface area contributed by atoms with Crippen molar-refractivity contribution in [3.8, 4) is 0 Å². The van der Waals surface area contributed by atoms with Gasteiger partial charge < -0.3 is 10.6 Å². The molecule has 0 aliphatic carbocycles. The second-order valence-corrected chi connectivity index (χ2v) is 7.16. The molecule has 1 aromatic carbocycles. The number of carbonyl (C=O) groups is 1. The number of nitrogens with one attached hydrogen (secondary N) is 2. The highest BCUT2D eigenvalue weighted by Crippen LogP contribution is 2.25. The Bertz CT molecular complexity index is 560. The molecule has 3 atom stereocenters. The van der Waals surface area contributed by atoms with Crippen molar-refractivity contribution >= 4 is 11.6 Å². The van der Waals surface area contributed by atoms with Gasteiger partial charge in [0.15, 0.2) is 0 Å². The van der Waals surface area contributed by atoms with E-state index in [2.05, 4.69) is 31.4 Å². The third-order valence-corrected chi connectivity index (χ3v) is 5.19. The molecule has 0 aliphatic heterocycles. The second kappa shape index (κ2) is 11.6. The van der Waals surface area contributed by atoms with E-state index in [0.717, 1.165) is 5.56 Å². The SMILES string of the molecule is CCCCC(C)C(C)C(C)C(=O)NCCNCc1ccc([N+](=O)[O-])cc1. The number of amides is 1. The van der Waals surface area contributed by atoms with E-state index in [1.165, 1.54) is 31.4 Å². The molecule has 0 saturated heterocycles. The van der Waals surface area contributed by atoms with Gasteiger partial charge >= 0.3 is 0 Å². The molecule has 0 heterocycles. The number of nitro benzene ring substituents is 1. The van der Waals surface area contributed by atoms with Crippen LogP contribution in [0.3, 0.4) is 0 Å². The van der Waals surface area contributed by atoms with Gasteiger partial charge in [-0.15, -0.1) is 0 Å². The van der Waals surface area contributed by atoms with E-state index in [-0.39, 0.29) is 17.5 Å². The number of hydrogen-bond donors (Lipinski definition) is 2. The van der Waals surface area contributed by atoms with Crippen LogP contribution in [0.1, 0.15) is 52.5 Å². The third-order valence-electron chi connectivity index (χ3n) is 5.19. The molecule has 146 valence electrons. The van der Waals surface area contributed by atoms with Gasteiger partial charge in [0.2, 0.25) is 5.91 Å². The summed E-state index contributed by atoms with van der Waals surface area (Å²) in [6, 6.07) is 6.49. The molecule has 2 N–H and O–H groups in total. The topological polar surface area (TPSA) is 84.3 Å². The minimum atomic E-state index is -0.405. The molecule has 26 heavy (non-hydrogen) atoms. The summed E-state index contributed by atoms with van der Waals surface area (Å²) in [6.45, 7) is 10.5. The molecule has 6 nitrogen and oxygen atoms in total. The van der Waals surface area contributed by atoms with E-state index in [9.17, 15) is 14.9 Å².